The van der Waals surface area contributed by atoms with E-state index in [4.69, 9.17) is 16.3 Å². The molecule has 0 aliphatic rings. The lowest BCUT2D eigenvalue weighted by atomic mass is 10.3. The SMILES string of the molecule is CN=C(NCc1cnn(-c2ccc(Cl)cc2)c1)NC(C)COC. The predicted molar refractivity (Wildman–Crippen MR) is 93.2 cm³/mol. The van der Waals surface area contributed by atoms with Crippen molar-refractivity contribution in [1.29, 1.82) is 0 Å². The van der Waals surface area contributed by atoms with Crippen LogP contribution in [0.3, 0.4) is 0 Å². The summed E-state index contributed by atoms with van der Waals surface area (Å²) in [4.78, 5) is 4.20. The third-order valence-electron chi connectivity index (χ3n) is 3.21. The molecule has 7 heteroatoms. The Morgan fingerprint density at radius 3 is 2.78 bits per heavy atom. The number of methoxy groups -OCH3 is 1. The van der Waals surface area contributed by atoms with Crippen molar-refractivity contribution in [1.82, 2.24) is 20.4 Å². The van der Waals surface area contributed by atoms with E-state index in [2.05, 4.69) is 20.7 Å². The molecule has 1 atom stereocenters. The second-order valence-electron chi connectivity index (χ2n) is 5.20. The van der Waals surface area contributed by atoms with E-state index in [0.29, 0.717) is 18.2 Å². The summed E-state index contributed by atoms with van der Waals surface area (Å²) in [5.41, 5.74) is 2.03. The summed E-state index contributed by atoms with van der Waals surface area (Å²) in [5.74, 6) is 0.730. The summed E-state index contributed by atoms with van der Waals surface area (Å²) in [6.07, 6.45) is 3.80. The van der Waals surface area contributed by atoms with Crippen molar-refractivity contribution in [3.05, 3.63) is 47.2 Å². The van der Waals surface area contributed by atoms with Crippen LogP contribution in [0.1, 0.15) is 12.5 Å². The van der Waals surface area contributed by atoms with Crippen molar-refractivity contribution in [3.8, 4) is 5.69 Å². The van der Waals surface area contributed by atoms with E-state index < -0.39 is 0 Å². The Hall–Kier alpha value is -2.05. The fourth-order valence-corrected chi connectivity index (χ4v) is 2.22. The van der Waals surface area contributed by atoms with Gasteiger partial charge in [0.25, 0.3) is 0 Å². The van der Waals surface area contributed by atoms with E-state index in [-0.39, 0.29) is 6.04 Å². The Labute approximate surface area is 141 Å². The van der Waals surface area contributed by atoms with Gasteiger partial charge in [0.15, 0.2) is 5.96 Å². The number of hydrogen-bond acceptors (Lipinski definition) is 3. The van der Waals surface area contributed by atoms with E-state index >= 15 is 0 Å². The Bertz CT molecular complexity index is 638. The molecule has 1 aromatic heterocycles. The topological polar surface area (TPSA) is 63.5 Å². The molecule has 0 spiro atoms. The van der Waals surface area contributed by atoms with Crippen molar-refractivity contribution in [2.24, 2.45) is 4.99 Å². The first-order valence-corrected chi connectivity index (χ1v) is 7.75. The molecule has 23 heavy (non-hydrogen) atoms. The number of aromatic nitrogens is 2. The molecular weight excluding hydrogens is 314 g/mol. The molecule has 1 aromatic carbocycles. The second-order valence-corrected chi connectivity index (χ2v) is 5.63. The van der Waals surface area contributed by atoms with Crippen LogP contribution in [0.15, 0.2) is 41.7 Å². The molecule has 0 radical (unpaired) electrons. The minimum Gasteiger partial charge on any atom is -0.383 e. The quantitative estimate of drug-likeness (QED) is 0.627. The highest BCUT2D eigenvalue weighted by atomic mass is 35.5. The first-order chi connectivity index (χ1) is 11.1. The Kier molecular flexibility index (Phi) is 6.43. The van der Waals surface area contributed by atoms with Crippen LogP contribution in [0.25, 0.3) is 5.69 Å². The van der Waals surface area contributed by atoms with E-state index in [9.17, 15) is 0 Å². The van der Waals surface area contributed by atoms with Gasteiger partial charge in [-0.1, -0.05) is 11.6 Å². The third-order valence-corrected chi connectivity index (χ3v) is 3.46. The van der Waals surface area contributed by atoms with Gasteiger partial charge >= 0.3 is 0 Å². The monoisotopic (exact) mass is 335 g/mol. The second kappa shape index (κ2) is 8.55. The first-order valence-electron chi connectivity index (χ1n) is 7.38. The average Bonchev–Trinajstić information content (AvgIpc) is 3.01. The van der Waals surface area contributed by atoms with E-state index in [1.807, 2.05) is 48.3 Å². The van der Waals surface area contributed by atoms with Crippen LogP contribution in [0.4, 0.5) is 0 Å². The molecule has 0 saturated carbocycles. The van der Waals surface area contributed by atoms with Gasteiger partial charge in [-0.2, -0.15) is 5.10 Å². The number of guanidine groups is 1. The van der Waals surface area contributed by atoms with Gasteiger partial charge in [0, 0.05) is 43.5 Å². The maximum absolute atomic E-state index is 5.90. The van der Waals surface area contributed by atoms with E-state index in [1.54, 1.807) is 14.2 Å². The highest BCUT2D eigenvalue weighted by Crippen LogP contribution is 2.13. The van der Waals surface area contributed by atoms with Crippen LogP contribution < -0.4 is 10.6 Å². The molecule has 1 heterocycles. The number of rotatable bonds is 6. The lowest BCUT2D eigenvalue weighted by molar-refractivity contribution is 0.179. The fraction of sp³-hybridized carbons (Fsp3) is 0.375. The molecule has 6 nitrogen and oxygen atoms in total. The molecule has 0 fully saturated rings. The fourth-order valence-electron chi connectivity index (χ4n) is 2.09. The van der Waals surface area contributed by atoms with Gasteiger partial charge in [-0.3, -0.25) is 4.99 Å². The summed E-state index contributed by atoms with van der Waals surface area (Å²) in [7, 11) is 3.42. The highest BCUT2D eigenvalue weighted by Gasteiger charge is 2.06. The number of halogens is 1. The van der Waals surface area contributed by atoms with Crippen LogP contribution in [0, 0.1) is 0 Å². The minimum atomic E-state index is 0.183. The standard InChI is InChI=1S/C16H22ClN5O/c1-12(11-23-3)21-16(18-2)19-8-13-9-20-22(10-13)15-6-4-14(17)5-7-15/h4-7,9-10,12H,8,11H2,1-3H3,(H2,18,19,21). The van der Waals surface area contributed by atoms with Gasteiger partial charge in [0.2, 0.25) is 0 Å². The molecule has 0 aliphatic carbocycles. The Balaban J connectivity index is 1.92. The smallest absolute Gasteiger partial charge is 0.191 e. The van der Waals surface area contributed by atoms with Crippen LogP contribution in [0.5, 0.6) is 0 Å². The maximum Gasteiger partial charge on any atom is 0.191 e. The number of nitrogens with zero attached hydrogens (tertiary/aromatic N) is 3. The van der Waals surface area contributed by atoms with Gasteiger partial charge in [0.1, 0.15) is 0 Å². The lowest BCUT2D eigenvalue weighted by Gasteiger charge is -2.16. The molecular formula is C16H22ClN5O. The number of nitrogens with one attached hydrogen (secondary N) is 2. The number of hydrogen-bond donors (Lipinski definition) is 2. The highest BCUT2D eigenvalue weighted by molar-refractivity contribution is 6.30. The average molecular weight is 336 g/mol. The van der Waals surface area contributed by atoms with Crippen LogP contribution in [-0.4, -0.2) is 42.5 Å². The zero-order valence-electron chi connectivity index (χ0n) is 13.6. The van der Waals surface area contributed by atoms with Crippen molar-refractivity contribution in [2.75, 3.05) is 20.8 Å². The largest absolute Gasteiger partial charge is 0.383 e. The number of ether oxygens (including phenoxy) is 1. The van der Waals surface area contributed by atoms with Crippen molar-refractivity contribution >= 4 is 17.6 Å². The first kappa shape index (κ1) is 17.3. The minimum absolute atomic E-state index is 0.183. The van der Waals surface area contributed by atoms with Crippen LogP contribution in [0.2, 0.25) is 5.02 Å². The van der Waals surface area contributed by atoms with Crippen molar-refractivity contribution in [2.45, 2.75) is 19.5 Å². The molecule has 124 valence electrons. The molecule has 0 aliphatic heterocycles. The molecule has 0 bridgehead atoms. The van der Waals surface area contributed by atoms with E-state index in [1.165, 1.54) is 0 Å². The lowest BCUT2D eigenvalue weighted by Crippen LogP contribution is -2.43. The summed E-state index contributed by atoms with van der Waals surface area (Å²) in [6.45, 7) is 3.29. The normalized spacial score (nSPS) is 13.0. The summed E-state index contributed by atoms with van der Waals surface area (Å²) < 4.78 is 6.92. The van der Waals surface area contributed by atoms with Crippen molar-refractivity contribution < 1.29 is 4.74 Å². The zero-order valence-corrected chi connectivity index (χ0v) is 14.3. The van der Waals surface area contributed by atoms with Crippen molar-refractivity contribution in [3.63, 3.8) is 0 Å². The molecule has 2 rings (SSSR count). The zero-order chi connectivity index (χ0) is 16.7. The van der Waals surface area contributed by atoms with Crippen LogP contribution >= 0.6 is 11.6 Å². The summed E-state index contributed by atoms with van der Waals surface area (Å²) in [6, 6.07) is 7.74. The molecule has 0 saturated heterocycles. The molecule has 2 N–H and O–H groups in total. The molecule has 0 amide bonds. The third kappa shape index (κ3) is 5.26. The molecule has 1 unspecified atom stereocenters. The van der Waals surface area contributed by atoms with E-state index in [0.717, 1.165) is 17.2 Å². The Morgan fingerprint density at radius 1 is 1.39 bits per heavy atom. The summed E-state index contributed by atoms with van der Waals surface area (Å²) >= 11 is 5.90. The maximum atomic E-state index is 5.90. The van der Waals surface area contributed by atoms with Gasteiger partial charge < -0.3 is 15.4 Å². The number of benzene rings is 1. The van der Waals surface area contributed by atoms with Gasteiger partial charge in [-0.25, -0.2) is 4.68 Å². The van der Waals surface area contributed by atoms with Gasteiger partial charge in [0.05, 0.1) is 18.5 Å². The predicted octanol–water partition coefficient (Wildman–Crippen LogP) is 2.23. The molecule has 2 aromatic rings. The Morgan fingerprint density at radius 2 is 2.13 bits per heavy atom. The summed E-state index contributed by atoms with van der Waals surface area (Å²) in [5, 5.41) is 11.6. The van der Waals surface area contributed by atoms with Gasteiger partial charge in [-0.05, 0) is 31.2 Å². The van der Waals surface area contributed by atoms with Crippen LogP contribution in [-0.2, 0) is 11.3 Å². The number of aliphatic imine (C=N–C) groups is 1. The van der Waals surface area contributed by atoms with Gasteiger partial charge in [-0.15, -0.1) is 0 Å².